The Balaban J connectivity index is 1.63. The van der Waals surface area contributed by atoms with E-state index in [0.717, 1.165) is 10.6 Å². The molecule has 1 amide bonds. The summed E-state index contributed by atoms with van der Waals surface area (Å²) in [5, 5.41) is 3.44. The lowest BCUT2D eigenvalue weighted by Crippen LogP contribution is -2.31. The first-order valence-electron chi connectivity index (χ1n) is 7.52. The highest BCUT2D eigenvalue weighted by Crippen LogP contribution is 2.19. The van der Waals surface area contributed by atoms with Gasteiger partial charge in [0, 0.05) is 47.6 Å². The maximum Gasteiger partial charge on any atom is 0.242 e. The van der Waals surface area contributed by atoms with Crippen LogP contribution in [0.25, 0.3) is 0 Å². The fourth-order valence-corrected chi connectivity index (χ4v) is 3.76. The van der Waals surface area contributed by atoms with Gasteiger partial charge in [-0.1, -0.05) is 11.6 Å². The van der Waals surface area contributed by atoms with Gasteiger partial charge in [-0.15, -0.1) is 11.8 Å². The van der Waals surface area contributed by atoms with E-state index in [1.165, 1.54) is 18.5 Å². The van der Waals surface area contributed by atoms with E-state index in [0.29, 0.717) is 11.6 Å². The normalized spacial score (nSPS) is 11.2. The minimum Gasteiger partial charge on any atom is -0.355 e. The van der Waals surface area contributed by atoms with E-state index < -0.39 is 10.0 Å². The number of nitrogens with zero attached hydrogens (tertiary/aromatic N) is 1. The lowest BCUT2D eigenvalue weighted by molar-refractivity contribution is -0.120. The van der Waals surface area contributed by atoms with Crippen molar-refractivity contribution in [3.05, 3.63) is 53.8 Å². The predicted octanol–water partition coefficient (Wildman–Crippen LogP) is 2.31. The molecule has 0 aliphatic rings. The van der Waals surface area contributed by atoms with E-state index in [4.69, 9.17) is 11.6 Å². The van der Waals surface area contributed by atoms with Crippen molar-refractivity contribution in [2.75, 3.05) is 18.8 Å². The van der Waals surface area contributed by atoms with Crippen LogP contribution in [-0.2, 0) is 14.8 Å². The van der Waals surface area contributed by atoms with Gasteiger partial charge in [0.2, 0.25) is 15.9 Å². The first-order valence-corrected chi connectivity index (χ1v) is 10.4. The number of aromatic nitrogens is 1. The highest BCUT2D eigenvalue weighted by atomic mass is 35.5. The van der Waals surface area contributed by atoms with Gasteiger partial charge in [0.1, 0.15) is 4.90 Å². The van der Waals surface area contributed by atoms with Gasteiger partial charge < -0.3 is 5.32 Å². The van der Waals surface area contributed by atoms with Crippen LogP contribution >= 0.6 is 23.4 Å². The molecule has 0 unspecified atom stereocenters. The average Bonchev–Trinajstić information content (AvgIpc) is 2.61. The van der Waals surface area contributed by atoms with Crippen molar-refractivity contribution in [1.82, 2.24) is 15.0 Å². The van der Waals surface area contributed by atoms with E-state index in [9.17, 15) is 13.2 Å². The molecule has 0 radical (unpaired) electrons. The molecule has 1 aromatic carbocycles. The number of pyridine rings is 1. The fourth-order valence-electron chi connectivity index (χ4n) is 1.87. The van der Waals surface area contributed by atoms with Crippen LogP contribution in [-0.4, -0.2) is 38.2 Å². The van der Waals surface area contributed by atoms with Crippen molar-refractivity contribution in [3.63, 3.8) is 0 Å². The standard InChI is InChI=1S/C16H18ClN3O3S2/c17-13-3-5-14(6-4-13)24-11-10-19-16(21)7-9-20-25(22,23)15-2-1-8-18-12-15/h1-6,8,12,20H,7,9-11H2,(H,19,21). The molecule has 0 atom stereocenters. The first-order chi connectivity index (χ1) is 12.0. The van der Waals surface area contributed by atoms with Gasteiger partial charge in [-0.25, -0.2) is 13.1 Å². The van der Waals surface area contributed by atoms with Crippen molar-refractivity contribution < 1.29 is 13.2 Å². The van der Waals surface area contributed by atoms with Gasteiger partial charge in [-0.2, -0.15) is 0 Å². The fraction of sp³-hybridized carbons (Fsp3) is 0.250. The second kappa shape index (κ2) is 9.76. The molecule has 0 saturated heterocycles. The number of thioether (sulfide) groups is 1. The third kappa shape index (κ3) is 7.03. The minimum absolute atomic E-state index is 0.0351. The third-order valence-corrected chi connectivity index (χ3v) is 5.81. The Morgan fingerprint density at radius 1 is 1.16 bits per heavy atom. The molecule has 0 aliphatic heterocycles. The highest BCUT2D eigenvalue weighted by molar-refractivity contribution is 7.99. The van der Waals surface area contributed by atoms with E-state index >= 15 is 0 Å². The van der Waals surface area contributed by atoms with Crippen LogP contribution in [0.2, 0.25) is 5.02 Å². The van der Waals surface area contributed by atoms with Crippen LogP contribution in [0.3, 0.4) is 0 Å². The number of carbonyl (C=O) groups is 1. The number of hydrogen-bond donors (Lipinski definition) is 2. The Morgan fingerprint density at radius 2 is 1.92 bits per heavy atom. The molecule has 0 spiro atoms. The molecular formula is C16H18ClN3O3S2. The highest BCUT2D eigenvalue weighted by Gasteiger charge is 2.13. The average molecular weight is 400 g/mol. The lowest BCUT2D eigenvalue weighted by atomic mass is 10.4. The number of nitrogens with one attached hydrogen (secondary N) is 2. The molecule has 6 nitrogen and oxygen atoms in total. The third-order valence-electron chi connectivity index (χ3n) is 3.10. The van der Waals surface area contributed by atoms with Gasteiger partial charge in [0.15, 0.2) is 0 Å². The van der Waals surface area contributed by atoms with Crippen LogP contribution in [0.4, 0.5) is 0 Å². The van der Waals surface area contributed by atoms with E-state index in [1.54, 1.807) is 17.8 Å². The number of amides is 1. The van der Waals surface area contributed by atoms with Gasteiger partial charge >= 0.3 is 0 Å². The number of hydrogen-bond acceptors (Lipinski definition) is 5. The van der Waals surface area contributed by atoms with Crippen LogP contribution in [0.5, 0.6) is 0 Å². The van der Waals surface area contributed by atoms with Crippen LogP contribution in [0.15, 0.2) is 58.6 Å². The molecule has 0 aliphatic carbocycles. The summed E-state index contributed by atoms with van der Waals surface area (Å²) in [7, 11) is -3.63. The second-order valence-corrected chi connectivity index (χ2v) is 8.36. The van der Waals surface area contributed by atoms with Gasteiger partial charge in [0.05, 0.1) is 0 Å². The molecule has 0 fully saturated rings. The van der Waals surface area contributed by atoms with Crippen LogP contribution in [0, 0.1) is 0 Å². The van der Waals surface area contributed by atoms with E-state index in [1.807, 2.05) is 24.3 Å². The van der Waals surface area contributed by atoms with Crippen molar-refractivity contribution in [2.24, 2.45) is 0 Å². The predicted molar refractivity (Wildman–Crippen MR) is 99.2 cm³/mol. The monoisotopic (exact) mass is 399 g/mol. The summed E-state index contributed by atoms with van der Waals surface area (Å²) >= 11 is 7.42. The summed E-state index contributed by atoms with van der Waals surface area (Å²) in [6.07, 6.45) is 2.83. The smallest absolute Gasteiger partial charge is 0.242 e. The first kappa shape index (κ1) is 19.7. The summed E-state index contributed by atoms with van der Waals surface area (Å²) in [6.45, 7) is 0.537. The maximum atomic E-state index is 12.0. The largest absolute Gasteiger partial charge is 0.355 e. The molecule has 25 heavy (non-hydrogen) atoms. The van der Waals surface area contributed by atoms with E-state index in [-0.39, 0.29) is 23.8 Å². The van der Waals surface area contributed by atoms with Crippen LogP contribution in [0.1, 0.15) is 6.42 Å². The molecule has 1 heterocycles. The molecule has 2 aromatic rings. The van der Waals surface area contributed by atoms with Gasteiger partial charge in [-0.3, -0.25) is 9.78 Å². The Kier molecular flexibility index (Phi) is 7.70. The van der Waals surface area contributed by atoms with Gasteiger partial charge in [0.25, 0.3) is 0 Å². The summed E-state index contributed by atoms with van der Waals surface area (Å²) in [5.74, 6) is 0.514. The van der Waals surface area contributed by atoms with Crippen molar-refractivity contribution in [1.29, 1.82) is 0 Å². The van der Waals surface area contributed by atoms with Crippen LogP contribution < -0.4 is 10.0 Å². The Morgan fingerprint density at radius 3 is 2.60 bits per heavy atom. The molecule has 134 valence electrons. The molecule has 2 rings (SSSR count). The quantitative estimate of drug-likeness (QED) is 0.499. The van der Waals surface area contributed by atoms with Crippen molar-refractivity contribution in [3.8, 4) is 0 Å². The molecule has 0 saturated carbocycles. The molecule has 2 N–H and O–H groups in total. The zero-order valence-corrected chi connectivity index (χ0v) is 15.7. The maximum absolute atomic E-state index is 12.0. The van der Waals surface area contributed by atoms with Crippen molar-refractivity contribution >= 4 is 39.3 Å². The summed E-state index contributed by atoms with van der Waals surface area (Å²) in [5.41, 5.74) is 0. The molecule has 0 bridgehead atoms. The Bertz CT molecular complexity index is 784. The summed E-state index contributed by atoms with van der Waals surface area (Å²) < 4.78 is 26.3. The zero-order chi connectivity index (χ0) is 18.1. The molecule has 1 aromatic heterocycles. The SMILES string of the molecule is O=C(CCNS(=O)(=O)c1cccnc1)NCCSc1ccc(Cl)cc1. The molecular weight excluding hydrogens is 382 g/mol. The van der Waals surface area contributed by atoms with E-state index in [2.05, 4.69) is 15.0 Å². The van der Waals surface area contributed by atoms with Gasteiger partial charge in [-0.05, 0) is 36.4 Å². The summed E-state index contributed by atoms with van der Waals surface area (Å²) in [6, 6.07) is 10.5. The summed E-state index contributed by atoms with van der Waals surface area (Å²) in [4.78, 5) is 16.7. The topological polar surface area (TPSA) is 88.2 Å². The number of halogens is 1. The zero-order valence-electron chi connectivity index (χ0n) is 13.3. The number of sulfonamides is 1. The second-order valence-electron chi connectivity index (χ2n) is 4.99. The lowest BCUT2D eigenvalue weighted by Gasteiger charge is -2.07. The Labute approximate surface area is 156 Å². The number of rotatable bonds is 9. The number of benzene rings is 1. The number of carbonyl (C=O) groups excluding carboxylic acids is 1. The Hall–Kier alpha value is -1.61. The van der Waals surface area contributed by atoms with Crippen molar-refractivity contribution in [2.45, 2.75) is 16.2 Å². The molecule has 9 heteroatoms. The minimum atomic E-state index is -3.63.